The molecule has 2 N–H and O–H groups in total. The first-order valence-corrected chi connectivity index (χ1v) is 5.76. The third kappa shape index (κ3) is 1.75. The zero-order chi connectivity index (χ0) is 9.31. The second-order valence-electron chi connectivity index (χ2n) is 4.76. The zero-order valence-electron chi connectivity index (χ0n) is 8.76. The van der Waals surface area contributed by atoms with E-state index in [0.29, 0.717) is 5.54 Å². The van der Waals surface area contributed by atoms with Crippen LogP contribution in [0.5, 0.6) is 0 Å². The number of nitrogens with zero attached hydrogens (tertiary/aromatic N) is 1. The van der Waals surface area contributed by atoms with Crippen LogP contribution in [0.3, 0.4) is 0 Å². The van der Waals surface area contributed by atoms with Crippen molar-refractivity contribution in [2.45, 2.75) is 44.6 Å². The third-order valence-corrected chi connectivity index (χ3v) is 3.89. The van der Waals surface area contributed by atoms with Gasteiger partial charge < -0.3 is 5.73 Å². The van der Waals surface area contributed by atoms with Crippen molar-refractivity contribution in [2.24, 2.45) is 11.7 Å². The molecule has 0 amide bonds. The number of hydrogen-bond acceptors (Lipinski definition) is 2. The lowest BCUT2D eigenvalue weighted by Crippen LogP contribution is -2.58. The molecule has 0 saturated heterocycles. The fraction of sp³-hybridized carbons (Fsp3) is 1.00. The highest BCUT2D eigenvalue weighted by molar-refractivity contribution is 4.99. The minimum Gasteiger partial charge on any atom is -0.329 e. The van der Waals surface area contributed by atoms with Crippen LogP contribution in [0.2, 0.25) is 0 Å². The lowest BCUT2D eigenvalue weighted by atomic mass is 9.75. The van der Waals surface area contributed by atoms with Crippen molar-refractivity contribution in [3.05, 3.63) is 0 Å². The molecule has 0 aromatic rings. The van der Waals surface area contributed by atoms with E-state index in [1.54, 1.807) is 0 Å². The van der Waals surface area contributed by atoms with Gasteiger partial charge in [0.2, 0.25) is 0 Å². The highest BCUT2D eigenvalue weighted by atomic mass is 15.2. The van der Waals surface area contributed by atoms with Gasteiger partial charge >= 0.3 is 0 Å². The van der Waals surface area contributed by atoms with E-state index in [9.17, 15) is 0 Å². The predicted octanol–water partition coefficient (Wildman–Crippen LogP) is 1.60. The lowest BCUT2D eigenvalue weighted by Gasteiger charge is -2.49. The molecule has 0 heterocycles. The van der Waals surface area contributed by atoms with Gasteiger partial charge in [-0.05, 0) is 44.6 Å². The third-order valence-electron chi connectivity index (χ3n) is 3.89. The molecule has 13 heavy (non-hydrogen) atoms. The predicted molar refractivity (Wildman–Crippen MR) is 55.6 cm³/mol. The Morgan fingerprint density at radius 2 is 2.08 bits per heavy atom. The molecule has 2 rings (SSSR count). The summed E-state index contributed by atoms with van der Waals surface area (Å²) in [6, 6.07) is 0. The van der Waals surface area contributed by atoms with Gasteiger partial charge in [0.25, 0.3) is 0 Å². The van der Waals surface area contributed by atoms with Crippen molar-refractivity contribution in [3.63, 3.8) is 0 Å². The highest BCUT2D eigenvalue weighted by Gasteiger charge is 2.42. The quantitative estimate of drug-likeness (QED) is 0.700. The Kier molecular flexibility index (Phi) is 2.61. The normalized spacial score (nSPS) is 26.1. The highest BCUT2D eigenvalue weighted by Crippen LogP contribution is 2.40. The van der Waals surface area contributed by atoms with E-state index in [1.165, 1.54) is 45.2 Å². The molecule has 0 unspecified atom stereocenters. The first-order chi connectivity index (χ1) is 6.30. The van der Waals surface area contributed by atoms with E-state index in [2.05, 4.69) is 11.8 Å². The van der Waals surface area contributed by atoms with Crippen LogP contribution in [0.4, 0.5) is 0 Å². The molecule has 2 heteroatoms. The van der Waals surface area contributed by atoms with E-state index in [4.69, 9.17) is 5.73 Å². The zero-order valence-corrected chi connectivity index (χ0v) is 8.76. The molecular formula is C11H22N2. The van der Waals surface area contributed by atoms with Crippen LogP contribution in [0.15, 0.2) is 0 Å². The SMILES string of the molecule is CCN(CC1CC1)C1(CN)CCC1. The monoisotopic (exact) mass is 182 g/mol. The van der Waals surface area contributed by atoms with Gasteiger partial charge in [-0.3, -0.25) is 4.90 Å². The maximum Gasteiger partial charge on any atom is 0.0331 e. The summed E-state index contributed by atoms with van der Waals surface area (Å²) in [4.78, 5) is 2.65. The maximum absolute atomic E-state index is 5.90. The van der Waals surface area contributed by atoms with Gasteiger partial charge in [-0.25, -0.2) is 0 Å². The number of nitrogens with two attached hydrogens (primary N) is 1. The van der Waals surface area contributed by atoms with E-state index < -0.39 is 0 Å². The van der Waals surface area contributed by atoms with Gasteiger partial charge in [0.1, 0.15) is 0 Å². The molecule has 2 fully saturated rings. The molecule has 0 atom stereocenters. The van der Waals surface area contributed by atoms with Crippen molar-refractivity contribution in [2.75, 3.05) is 19.6 Å². The second kappa shape index (κ2) is 3.58. The molecule has 0 aromatic carbocycles. The van der Waals surface area contributed by atoms with E-state index in [0.717, 1.165) is 12.5 Å². The molecule has 0 aromatic heterocycles. The van der Waals surface area contributed by atoms with Crippen molar-refractivity contribution < 1.29 is 0 Å². The molecule has 2 aliphatic rings. The van der Waals surface area contributed by atoms with E-state index in [-0.39, 0.29) is 0 Å². The summed E-state index contributed by atoms with van der Waals surface area (Å²) < 4.78 is 0. The smallest absolute Gasteiger partial charge is 0.0331 e. The van der Waals surface area contributed by atoms with Crippen LogP contribution in [-0.4, -0.2) is 30.1 Å². The molecule has 0 radical (unpaired) electrons. The molecule has 76 valence electrons. The molecule has 2 aliphatic carbocycles. The summed E-state index contributed by atoms with van der Waals surface area (Å²) in [5, 5.41) is 0. The number of likely N-dealkylation sites (N-methyl/N-ethyl adjacent to an activating group) is 1. The summed E-state index contributed by atoms with van der Waals surface area (Å²) in [5.74, 6) is 1.00. The Morgan fingerprint density at radius 3 is 2.38 bits per heavy atom. The van der Waals surface area contributed by atoms with Crippen molar-refractivity contribution >= 4 is 0 Å². The average Bonchev–Trinajstić information content (AvgIpc) is 2.85. The topological polar surface area (TPSA) is 29.3 Å². The second-order valence-corrected chi connectivity index (χ2v) is 4.76. The maximum atomic E-state index is 5.90. The van der Waals surface area contributed by atoms with Crippen molar-refractivity contribution in [3.8, 4) is 0 Å². The standard InChI is InChI=1S/C11H22N2/c1-2-13(8-10-4-5-10)11(9-12)6-3-7-11/h10H,2-9,12H2,1H3. The van der Waals surface area contributed by atoms with Gasteiger partial charge in [0.05, 0.1) is 0 Å². The minimum atomic E-state index is 0.414. The van der Waals surface area contributed by atoms with Gasteiger partial charge in [0.15, 0.2) is 0 Å². The van der Waals surface area contributed by atoms with Crippen LogP contribution in [-0.2, 0) is 0 Å². The summed E-state index contributed by atoms with van der Waals surface area (Å²) in [6.07, 6.45) is 6.97. The molecule has 0 aliphatic heterocycles. The Morgan fingerprint density at radius 1 is 1.38 bits per heavy atom. The van der Waals surface area contributed by atoms with Gasteiger partial charge in [-0.1, -0.05) is 6.92 Å². The lowest BCUT2D eigenvalue weighted by molar-refractivity contribution is 0.0239. The Hall–Kier alpha value is -0.0800. The van der Waals surface area contributed by atoms with E-state index in [1.807, 2.05) is 0 Å². The summed E-state index contributed by atoms with van der Waals surface area (Å²) in [5.41, 5.74) is 6.31. The van der Waals surface area contributed by atoms with E-state index >= 15 is 0 Å². The molecule has 2 saturated carbocycles. The summed E-state index contributed by atoms with van der Waals surface area (Å²) in [7, 11) is 0. The van der Waals surface area contributed by atoms with Gasteiger partial charge in [-0.2, -0.15) is 0 Å². The van der Waals surface area contributed by atoms with Crippen LogP contribution < -0.4 is 5.73 Å². The Labute approximate surface area is 81.5 Å². The largest absolute Gasteiger partial charge is 0.329 e. The Bertz CT molecular complexity index is 165. The van der Waals surface area contributed by atoms with Gasteiger partial charge in [0, 0.05) is 18.6 Å². The van der Waals surface area contributed by atoms with Gasteiger partial charge in [-0.15, -0.1) is 0 Å². The summed E-state index contributed by atoms with van der Waals surface area (Å²) >= 11 is 0. The molecular weight excluding hydrogens is 160 g/mol. The fourth-order valence-corrected chi connectivity index (χ4v) is 2.50. The molecule has 0 spiro atoms. The van der Waals surface area contributed by atoms with Crippen LogP contribution in [0.1, 0.15) is 39.0 Å². The number of rotatable bonds is 5. The molecule has 0 bridgehead atoms. The molecule has 2 nitrogen and oxygen atoms in total. The van der Waals surface area contributed by atoms with Crippen molar-refractivity contribution in [1.29, 1.82) is 0 Å². The minimum absolute atomic E-state index is 0.414. The van der Waals surface area contributed by atoms with Crippen LogP contribution in [0.25, 0.3) is 0 Å². The first-order valence-electron chi connectivity index (χ1n) is 5.76. The Balaban J connectivity index is 1.91. The van der Waals surface area contributed by atoms with Crippen molar-refractivity contribution in [1.82, 2.24) is 4.90 Å². The summed E-state index contributed by atoms with van der Waals surface area (Å²) in [6.45, 7) is 5.65. The number of hydrogen-bond donors (Lipinski definition) is 1. The van der Waals surface area contributed by atoms with Crippen LogP contribution >= 0.6 is 0 Å². The van der Waals surface area contributed by atoms with Crippen LogP contribution in [0, 0.1) is 5.92 Å². The fourth-order valence-electron chi connectivity index (χ4n) is 2.50. The first kappa shape index (κ1) is 9.47. The average molecular weight is 182 g/mol.